The summed E-state index contributed by atoms with van der Waals surface area (Å²) in [6.45, 7) is 0. The van der Waals surface area contributed by atoms with Gasteiger partial charge in [0.25, 0.3) is 0 Å². The van der Waals surface area contributed by atoms with Gasteiger partial charge < -0.3 is 9.47 Å². The quantitative estimate of drug-likeness (QED) is 0.453. The van der Waals surface area contributed by atoms with Crippen LogP contribution in [0.5, 0.6) is 17.2 Å². The normalized spacial score (nSPS) is 10.1. The molecule has 0 spiro atoms. The van der Waals surface area contributed by atoms with Crippen molar-refractivity contribution in [3.05, 3.63) is 88.9 Å². The Kier molecular flexibility index (Phi) is 4.74. The van der Waals surface area contributed by atoms with Crippen LogP contribution in [0.25, 0.3) is 0 Å². The summed E-state index contributed by atoms with van der Waals surface area (Å²) in [7, 11) is 0. The number of carbonyl (C=O) groups is 1. The van der Waals surface area contributed by atoms with Gasteiger partial charge in [-0.3, -0.25) is 0 Å². The van der Waals surface area contributed by atoms with Crippen molar-refractivity contribution in [2.75, 3.05) is 0 Å². The van der Waals surface area contributed by atoms with Crippen LogP contribution in [-0.4, -0.2) is 5.97 Å². The molecule has 0 amide bonds. The molecular weight excluding hydrogens is 356 g/mol. The third-order valence-electron chi connectivity index (χ3n) is 3.10. The van der Waals surface area contributed by atoms with E-state index in [1.165, 1.54) is 0 Å². The SMILES string of the molecule is O=C(Oc1ccc(Br)cc1)c1ccccc1Oc1ccccc1. The van der Waals surface area contributed by atoms with Crippen LogP contribution in [-0.2, 0) is 0 Å². The summed E-state index contributed by atoms with van der Waals surface area (Å²) in [5.74, 6) is 1.14. The molecule has 3 nitrogen and oxygen atoms in total. The zero-order chi connectivity index (χ0) is 16.1. The van der Waals surface area contributed by atoms with E-state index in [0.29, 0.717) is 22.8 Å². The lowest BCUT2D eigenvalue weighted by atomic mass is 10.2. The summed E-state index contributed by atoms with van der Waals surface area (Å²) in [5.41, 5.74) is 0.374. The lowest BCUT2D eigenvalue weighted by molar-refractivity contribution is 0.0732. The lowest BCUT2D eigenvalue weighted by Gasteiger charge is -2.10. The Bertz CT molecular complexity index is 798. The Morgan fingerprint density at radius 1 is 0.739 bits per heavy atom. The molecule has 3 aromatic rings. The highest BCUT2D eigenvalue weighted by Gasteiger charge is 2.15. The van der Waals surface area contributed by atoms with Crippen molar-refractivity contribution in [1.82, 2.24) is 0 Å². The van der Waals surface area contributed by atoms with E-state index in [4.69, 9.17) is 9.47 Å². The Balaban J connectivity index is 1.82. The van der Waals surface area contributed by atoms with Crippen LogP contribution < -0.4 is 9.47 Å². The largest absolute Gasteiger partial charge is 0.456 e. The molecule has 0 aliphatic heterocycles. The third kappa shape index (κ3) is 3.99. The van der Waals surface area contributed by atoms with Crippen LogP contribution in [0.3, 0.4) is 0 Å². The molecule has 0 atom stereocenters. The van der Waals surface area contributed by atoms with Gasteiger partial charge in [0.1, 0.15) is 22.8 Å². The second-order valence-corrected chi connectivity index (χ2v) is 5.67. The molecule has 114 valence electrons. The van der Waals surface area contributed by atoms with Gasteiger partial charge in [-0.1, -0.05) is 46.3 Å². The van der Waals surface area contributed by atoms with E-state index >= 15 is 0 Å². The first-order chi connectivity index (χ1) is 11.2. The lowest BCUT2D eigenvalue weighted by Crippen LogP contribution is -2.09. The fraction of sp³-hybridized carbons (Fsp3) is 0. The molecule has 0 bridgehead atoms. The molecule has 0 aromatic heterocycles. The van der Waals surface area contributed by atoms with Gasteiger partial charge in [0.05, 0.1) is 0 Å². The summed E-state index contributed by atoms with van der Waals surface area (Å²) in [5, 5.41) is 0. The number of halogens is 1. The van der Waals surface area contributed by atoms with Gasteiger partial charge in [0.15, 0.2) is 0 Å². The van der Waals surface area contributed by atoms with Crippen LogP contribution >= 0.6 is 15.9 Å². The fourth-order valence-electron chi connectivity index (χ4n) is 2.00. The van der Waals surface area contributed by atoms with E-state index in [1.807, 2.05) is 48.5 Å². The van der Waals surface area contributed by atoms with Crippen molar-refractivity contribution >= 4 is 21.9 Å². The number of hydrogen-bond acceptors (Lipinski definition) is 3. The van der Waals surface area contributed by atoms with E-state index < -0.39 is 5.97 Å². The summed E-state index contributed by atoms with van der Waals surface area (Å²) in [6, 6.07) is 23.4. The minimum Gasteiger partial charge on any atom is -0.456 e. The molecule has 0 N–H and O–H groups in total. The van der Waals surface area contributed by atoms with Crippen LogP contribution in [0.4, 0.5) is 0 Å². The van der Waals surface area contributed by atoms with Gasteiger partial charge in [0.2, 0.25) is 0 Å². The van der Waals surface area contributed by atoms with E-state index in [9.17, 15) is 4.79 Å². The average molecular weight is 369 g/mol. The number of esters is 1. The molecule has 0 unspecified atom stereocenters. The molecule has 0 radical (unpaired) electrons. The van der Waals surface area contributed by atoms with Crippen molar-refractivity contribution in [1.29, 1.82) is 0 Å². The van der Waals surface area contributed by atoms with Crippen molar-refractivity contribution in [3.63, 3.8) is 0 Å². The van der Waals surface area contributed by atoms with E-state index in [2.05, 4.69) is 15.9 Å². The minimum absolute atomic E-state index is 0.374. The predicted molar refractivity (Wildman–Crippen MR) is 92.1 cm³/mol. The second-order valence-electron chi connectivity index (χ2n) is 4.75. The Hall–Kier alpha value is -2.59. The molecule has 0 saturated carbocycles. The van der Waals surface area contributed by atoms with Crippen molar-refractivity contribution < 1.29 is 14.3 Å². The zero-order valence-corrected chi connectivity index (χ0v) is 13.7. The maximum Gasteiger partial charge on any atom is 0.347 e. The number of carbonyl (C=O) groups excluding carboxylic acids is 1. The number of ether oxygens (including phenoxy) is 2. The highest BCUT2D eigenvalue weighted by molar-refractivity contribution is 9.10. The van der Waals surface area contributed by atoms with Gasteiger partial charge in [-0.2, -0.15) is 0 Å². The first-order valence-corrected chi connectivity index (χ1v) is 7.81. The van der Waals surface area contributed by atoms with Crippen LogP contribution in [0, 0.1) is 0 Å². The molecule has 0 fully saturated rings. The van der Waals surface area contributed by atoms with Crippen LogP contribution in [0.1, 0.15) is 10.4 Å². The average Bonchev–Trinajstić information content (AvgIpc) is 2.58. The smallest absolute Gasteiger partial charge is 0.347 e. The molecule has 4 heteroatoms. The van der Waals surface area contributed by atoms with Crippen molar-refractivity contribution in [2.45, 2.75) is 0 Å². The molecule has 3 rings (SSSR count). The van der Waals surface area contributed by atoms with Gasteiger partial charge >= 0.3 is 5.97 Å². The summed E-state index contributed by atoms with van der Waals surface area (Å²) < 4.78 is 12.1. The van der Waals surface area contributed by atoms with Gasteiger partial charge in [-0.05, 0) is 48.5 Å². The Labute approximate surface area is 142 Å². The first kappa shape index (κ1) is 15.3. The number of hydrogen-bond donors (Lipinski definition) is 0. The molecule has 3 aromatic carbocycles. The monoisotopic (exact) mass is 368 g/mol. The fourth-order valence-corrected chi connectivity index (χ4v) is 2.27. The highest BCUT2D eigenvalue weighted by atomic mass is 79.9. The van der Waals surface area contributed by atoms with Crippen LogP contribution in [0.15, 0.2) is 83.3 Å². The summed E-state index contributed by atoms with van der Waals surface area (Å²) >= 11 is 3.34. The second kappa shape index (κ2) is 7.11. The van der Waals surface area contributed by atoms with Crippen molar-refractivity contribution in [3.8, 4) is 17.2 Å². The maximum atomic E-state index is 12.4. The molecule has 0 aliphatic rings. The third-order valence-corrected chi connectivity index (χ3v) is 3.63. The molecule has 0 aliphatic carbocycles. The standard InChI is InChI=1S/C19H13BrO3/c20-14-10-12-16(13-11-14)23-19(21)17-8-4-5-9-18(17)22-15-6-2-1-3-7-15/h1-13H. The van der Waals surface area contributed by atoms with Crippen LogP contribution in [0.2, 0.25) is 0 Å². The number of benzene rings is 3. The molecule has 0 heterocycles. The Morgan fingerprint density at radius 2 is 1.39 bits per heavy atom. The molecule has 23 heavy (non-hydrogen) atoms. The van der Waals surface area contributed by atoms with E-state index in [1.54, 1.807) is 30.3 Å². The Morgan fingerprint density at radius 3 is 2.13 bits per heavy atom. The van der Waals surface area contributed by atoms with Crippen molar-refractivity contribution in [2.24, 2.45) is 0 Å². The number of rotatable bonds is 4. The van der Waals surface area contributed by atoms with E-state index in [0.717, 1.165) is 4.47 Å². The predicted octanol–water partition coefficient (Wildman–Crippen LogP) is 5.46. The maximum absolute atomic E-state index is 12.4. The van der Waals surface area contributed by atoms with Gasteiger partial charge in [0, 0.05) is 4.47 Å². The van der Waals surface area contributed by atoms with Gasteiger partial charge in [-0.15, -0.1) is 0 Å². The first-order valence-electron chi connectivity index (χ1n) is 7.02. The topological polar surface area (TPSA) is 35.5 Å². The minimum atomic E-state index is -0.459. The number of para-hydroxylation sites is 2. The van der Waals surface area contributed by atoms with E-state index in [-0.39, 0.29) is 0 Å². The highest BCUT2D eigenvalue weighted by Crippen LogP contribution is 2.26. The summed E-state index contributed by atoms with van der Waals surface area (Å²) in [4.78, 5) is 12.4. The zero-order valence-electron chi connectivity index (χ0n) is 12.1. The summed E-state index contributed by atoms with van der Waals surface area (Å²) in [6.07, 6.45) is 0. The molecule has 0 saturated heterocycles. The van der Waals surface area contributed by atoms with Gasteiger partial charge in [-0.25, -0.2) is 4.79 Å². The molecular formula is C19H13BrO3.